The van der Waals surface area contributed by atoms with E-state index in [4.69, 9.17) is 0 Å². The maximum Gasteiger partial charge on any atom is 0.308 e. The van der Waals surface area contributed by atoms with Gasteiger partial charge in [-0.2, -0.15) is 0 Å². The largest absolute Gasteiger partial charge is 0.481 e. The van der Waals surface area contributed by atoms with Crippen molar-refractivity contribution in [3.63, 3.8) is 0 Å². The Morgan fingerprint density at radius 2 is 1.68 bits per heavy atom. The summed E-state index contributed by atoms with van der Waals surface area (Å²) in [6.45, 7) is 2.14. The Labute approximate surface area is 147 Å². The van der Waals surface area contributed by atoms with Gasteiger partial charge in [0.05, 0.1) is 16.1 Å². The van der Waals surface area contributed by atoms with Gasteiger partial charge in [-0.05, 0) is 50.5 Å². The number of aliphatic carboxylic acids is 1. The van der Waals surface area contributed by atoms with Gasteiger partial charge in [0.2, 0.25) is 0 Å². The van der Waals surface area contributed by atoms with Crippen molar-refractivity contribution < 1.29 is 23.1 Å². The van der Waals surface area contributed by atoms with Gasteiger partial charge < -0.3 is 10.0 Å². The molecule has 1 aliphatic carbocycles. The molecule has 2 aliphatic rings. The van der Waals surface area contributed by atoms with Crippen LogP contribution in [0.1, 0.15) is 49.4 Å². The van der Waals surface area contributed by atoms with Gasteiger partial charge in [-0.15, -0.1) is 0 Å². The normalized spacial score (nSPS) is 24.6. The van der Waals surface area contributed by atoms with E-state index in [1.165, 1.54) is 24.3 Å². The summed E-state index contributed by atoms with van der Waals surface area (Å²) < 4.78 is 25.2. The first-order chi connectivity index (χ1) is 11.8. The fourth-order valence-electron chi connectivity index (χ4n) is 3.90. The third-order valence-corrected chi connectivity index (χ3v) is 7.78. The summed E-state index contributed by atoms with van der Waals surface area (Å²) in [6, 6.07) is 5.69. The van der Waals surface area contributed by atoms with Crippen LogP contribution in [0.3, 0.4) is 0 Å². The highest BCUT2D eigenvalue weighted by Gasteiger charge is 2.38. The standard InChI is InChI=1S/C18H23NO5S/c1-12-16(18(21)22)10-11-19(12)17(20)13-6-8-15(9-7-13)25(23,24)14-4-2-3-5-14/h6-9,12,14,16H,2-5,10-11H2,1H3,(H,21,22). The summed E-state index contributed by atoms with van der Waals surface area (Å²) in [4.78, 5) is 25.6. The number of amides is 1. The highest BCUT2D eigenvalue weighted by molar-refractivity contribution is 7.92. The molecule has 1 aromatic rings. The summed E-state index contributed by atoms with van der Waals surface area (Å²) in [6.07, 6.45) is 3.72. The van der Waals surface area contributed by atoms with Crippen molar-refractivity contribution in [1.82, 2.24) is 4.90 Å². The zero-order valence-corrected chi connectivity index (χ0v) is 15.0. The number of likely N-dealkylation sites (tertiary alicyclic amines) is 1. The minimum absolute atomic E-state index is 0.249. The molecule has 1 amide bonds. The third kappa shape index (κ3) is 3.29. The van der Waals surface area contributed by atoms with Crippen molar-refractivity contribution >= 4 is 21.7 Å². The molecule has 7 heteroatoms. The lowest BCUT2D eigenvalue weighted by Crippen LogP contribution is -2.37. The van der Waals surface area contributed by atoms with E-state index >= 15 is 0 Å². The summed E-state index contributed by atoms with van der Waals surface area (Å²) in [5.74, 6) is -1.69. The zero-order chi connectivity index (χ0) is 18.2. The molecular formula is C18H23NO5S. The SMILES string of the molecule is CC1C(C(=O)O)CCN1C(=O)c1ccc(S(=O)(=O)C2CCCC2)cc1. The molecule has 1 aromatic carbocycles. The van der Waals surface area contributed by atoms with Crippen LogP contribution in [0, 0.1) is 5.92 Å². The van der Waals surface area contributed by atoms with Crippen LogP contribution < -0.4 is 0 Å². The molecular weight excluding hydrogens is 342 g/mol. The van der Waals surface area contributed by atoms with Gasteiger partial charge in [-0.25, -0.2) is 8.42 Å². The lowest BCUT2D eigenvalue weighted by atomic mass is 10.0. The summed E-state index contributed by atoms with van der Waals surface area (Å²) in [5.41, 5.74) is 0.392. The number of nitrogens with zero attached hydrogens (tertiary/aromatic N) is 1. The second-order valence-corrected chi connectivity index (χ2v) is 9.18. The van der Waals surface area contributed by atoms with Crippen LogP contribution in [-0.4, -0.2) is 48.1 Å². The molecule has 2 unspecified atom stereocenters. The smallest absolute Gasteiger partial charge is 0.308 e. The molecule has 2 fully saturated rings. The average molecular weight is 365 g/mol. The van der Waals surface area contributed by atoms with E-state index in [0.29, 0.717) is 31.4 Å². The predicted octanol–water partition coefficient (Wildman–Crippen LogP) is 2.34. The number of carboxylic acid groups (broad SMARTS) is 1. The van der Waals surface area contributed by atoms with E-state index in [-0.39, 0.29) is 22.1 Å². The Balaban J connectivity index is 1.76. The summed E-state index contributed by atoms with van der Waals surface area (Å²) in [7, 11) is -3.33. The van der Waals surface area contributed by atoms with E-state index in [0.717, 1.165) is 12.8 Å². The fraction of sp³-hybridized carbons (Fsp3) is 0.556. The first-order valence-corrected chi connectivity index (χ1v) is 10.2. The fourth-order valence-corrected chi connectivity index (χ4v) is 5.75. The molecule has 6 nitrogen and oxygen atoms in total. The van der Waals surface area contributed by atoms with Crippen LogP contribution in [0.5, 0.6) is 0 Å². The Morgan fingerprint density at radius 1 is 1.08 bits per heavy atom. The molecule has 0 spiro atoms. The maximum atomic E-state index is 12.6. The predicted molar refractivity (Wildman–Crippen MR) is 92.1 cm³/mol. The van der Waals surface area contributed by atoms with Gasteiger partial charge in [0, 0.05) is 18.2 Å². The van der Waals surface area contributed by atoms with Gasteiger partial charge in [0.15, 0.2) is 9.84 Å². The van der Waals surface area contributed by atoms with Gasteiger partial charge in [0.25, 0.3) is 5.91 Å². The molecule has 1 N–H and O–H groups in total. The van der Waals surface area contributed by atoms with Crippen LogP contribution in [-0.2, 0) is 14.6 Å². The molecule has 1 heterocycles. The molecule has 3 rings (SSSR count). The number of carbonyl (C=O) groups is 2. The Bertz CT molecular complexity index is 765. The van der Waals surface area contributed by atoms with Crippen LogP contribution in [0.2, 0.25) is 0 Å². The molecule has 25 heavy (non-hydrogen) atoms. The van der Waals surface area contributed by atoms with Crippen LogP contribution in [0.4, 0.5) is 0 Å². The van der Waals surface area contributed by atoms with Gasteiger partial charge in [0.1, 0.15) is 0 Å². The average Bonchev–Trinajstić information content (AvgIpc) is 3.24. The van der Waals surface area contributed by atoms with Crippen molar-refractivity contribution in [1.29, 1.82) is 0 Å². The second kappa shape index (κ2) is 6.78. The quantitative estimate of drug-likeness (QED) is 0.884. The Hall–Kier alpha value is -1.89. The first-order valence-electron chi connectivity index (χ1n) is 8.70. The number of sulfone groups is 1. The third-order valence-electron chi connectivity index (χ3n) is 5.50. The first kappa shape index (κ1) is 17.9. The second-order valence-electron chi connectivity index (χ2n) is 6.95. The van der Waals surface area contributed by atoms with E-state index in [2.05, 4.69) is 0 Å². The Morgan fingerprint density at radius 3 is 2.20 bits per heavy atom. The van der Waals surface area contributed by atoms with Gasteiger partial charge in [-0.3, -0.25) is 9.59 Å². The number of hydrogen-bond acceptors (Lipinski definition) is 4. The van der Waals surface area contributed by atoms with E-state index in [1.54, 1.807) is 11.8 Å². The van der Waals surface area contributed by atoms with Crippen molar-refractivity contribution in [2.45, 2.75) is 55.2 Å². The van der Waals surface area contributed by atoms with Crippen molar-refractivity contribution in [3.05, 3.63) is 29.8 Å². The minimum atomic E-state index is -3.33. The number of carbonyl (C=O) groups excluding carboxylic acids is 1. The molecule has 2 atom stereocenters. The molecule has 0 bridgehead atoms. The lowest BCUT2D eigenvalue weighted by molar-refractivity contribution is -0.142. The van der Waals surface area contributed by atoms with E-state index in [1.807, 2.05) is 0 Å². The monoisotopic (exact) mass is 365 g/mol. The number of benzene rings is 1. The molecule has 1 saturated carbocycles. The Kier molecular flexibility index (Phi) is 4.86. The maximum absolute atomic E-state index is 12.6. The number of hydrogen-bond donors (Lipinski definition) is 1. The zero-order valence-electron chi connectivity index (χ0n) is 14.2. The van der Waals surface area contributed by atoms with Crippen LogP contribution in [0.15, 0.2) is 29.2 Å². The number of carboxylic acids is 1. The van der Waals surface area contributed by atoms with Crippen LogP contribution in [0.25, 0.3) is 0 Å². The highest BCUT2D eigenvalue weighted by Crippen LogP contribution is 2.30. The highest BCUT2D eigenvalue weighted by atomic mass is 32.2. The molecule has 0 aromatic heterocycles. The van der Waals surface area contributed by atoms with Gasteiger partial charge in [-0.1, -0.05) is 12.8 Å². The molecule has 136 valence electrons. The van der Waals surface area contributed by atoms with Crippen molar-refractivity contribution in [2.24, 2.45) is 5.92 Å². The summed E-state index contributed by atoms with van der Waals surface area (Å²) >= 11 is 0. The van der Waals surface area contributed by atoms with E-state index < -0.39 is 21.7 Å². The molecule has 0 radical (unpaired) electrons. The van der Waals surface area contributed by atoms with Crippen molar-refractivity contribution in [3.8, 4) is 0 Å². The topological polar surface area (TPSA) is 91.8 Å². The number of rotatable bonds is 4. The van der Waals surface area contributed by atoms with Gasteiger partial charge >= 0.3 is 5.97 Å². The minimum Gasteiger partial charge on any atom is -0.481 e. The summed E-state index contributed by atoms with van der Waals surface area (Å²) in [5, 5.41) is 8.86. The van der Waals surface area contributed by atoms with Crippen LogP contribution >= 0.6 is 0 Å². The lowest BCUT2D eigenvalue weighted by Gasteiger charge is -2.23. The van der Waals surface area contributed by atoms with E-state index in [9.17, 15) is 23.1 Å². The molecule has 1 aliphatic heterocycles. The molecule has 1 saturated heterocycles. The van der Waals surface area contributed by atoms with Crippen molar-refractivity contribution in [2.75, 3.05) is 6.54 Å².